The number of carbonyl (C=O) groups is 2. The fourth-order valence-electron chi connectivity index (χ4n) is 7.22. The number of phosphoric acid groups is 1. The van der Waals surface area contributed by atoms with Gasteiger partial charge in [-0.25, -0.2) is 0 Å². The number of carbonyl (C=O) groups excluding carboxylic acids is 2. The van der Waals surface area contributed by atoms with Gasteiger partial charge in [-0.2, -0.15) is 0 Å². The summed E-state index contributed by atoms with van der Waals surface area (Å²) in [7, 11) is 1.17. The maximum absolute atomic E-state index is 12.7. The SMILES string of the molecule is CCCCCCC/C=C\C/C=C\CCCCCCCCCCCC(=O)OC(COC(=O)CCCCCCCCCCCCCCCCCC)COP(=O)([O-])OCC[N+](C)(C)C. The van der Waals surface area contributed by atoms with Gasteiger partial charge in [0, 0.05) is 12.8 Å². The van der Waals surface area contributed by atoms with Crippen molar-refractivity contribution >= 4 is 19.8 Å². The smallest absolute Gasteiger partial charge is 0.306 e. The fraction of sp³-hybridized carbons (Fsp3) is 0.882. The van der Waals surface area contributed by atoms with Crippen LogP contribution < -0.4 is 4.89 Å². The summed E-state index contributed by atoms with van der Waals surface area (Å²) >= 11 is 0. The van der Waals surface area contributed by atoms with Gasteiger partial charge in [0.15, 0.2) is 6.10 Å². The predicted molar refractivity (Wildman–Crippen MR) is 254 cm³/mol. The van der Waals surface area contributed by atoms with Crippen LogP contribution in [0.15, 0.2) is 24.3 Å². The molecule has 0 saturated heterocycles. The van der Waals surface area contributed by atoms with E-state index in [1.54, 1.807) is 0 Å². The van der Waals surface area contributed by atoms with Crippen molar-refractivity contribution < 1.29 is 42.1 Å². The summed E-state index contributed by atoms with van der Waals surface area (Å²) in [5, 5.41) is 0. The van der Waals surface area contributed by atoms with Crippen LogP contribution in [-0.4, -0.2) is 70.0 Å². The molecule has 61 heavy (non-hydrogen) atoms. The second kappa shape index (κ2) is 43.7. The molecule has 0 saturated carbocycles. The van der Waals surface area contributed by atoms with Crippen molar-refractivity contribution in [1.29, 1.82) is 0 Å². The van der Waals surface area contributed by atoms with Gasteiger partial charge in [0.05, 0.1) is 27.7 Å². The average Bonchev–Trinajstić information content (AvgIpc) is 3.21. The van der Waals surface area contributed by atoms with Crippen molar-refractivity contribution in [2.75, 3.05) is 47.5 Å². The standard InChI is InChI=1S/C51H98NO8P/c1-6-8-10-12-14-16-18-20-22-24-25-26-27-28-30-32-34-36-38-40-42-44-51(54)60-49(48-59-61(55,56)58-46-45-52(3,4)5)47-57-50(53)43-41-39-37-35-33-31-29-23-21-19-17-15-13-11-9-7-2/h18,20,24-25,49H,6-17,19,21-23,26-48H2,1-5H3/b20-18-,25-24-. The molecule has 2 atom stereocenters. The first kappa shape index (κ1) is 59.5. The van der Waals surface area contributed by atoms with Gasteiger partial charge in [-0.1, -0.05) is 205 Å². The number of hydrogen-bond donors (Lipinski definition) is 0. The highest BCUT2D eigenvalue weighted by Gasteiger charge is 2.21. The Morgan fingerprint density at radius 1 is 0.508 bits per heavy atom. The van der Waals surface area contributed by atoms with Gasteiger partial charge >= 0.3 is 11.9 Å². The van der Waals surface area contributed by atoms with E-state index in [1.165, 1.54) is 154 Å². The third kappa shape index (κ3) is 47.8. The van der Waals surface area contributed by atoms with E-state index in [-0.39, 0.29) is 32.0 Å². The maximum Gasteiger partial charge on any atom is 0.306 e. The zero-order valence-electron chi connectivity index (χ0n) is 40.6. The third-order valence-electron chi connectivity index (χ3n) is 11.2. The first-order valence-corrected chi connectivity index (χ1v) is 27.0. The molecule has 0 amide bonds. The van der Waals surface area contributed by atoms with Gasteiger partial charge in [0.25, 0.3) is 7.82 Å². The van der Waals surface area contributed by atoms with Crippen LogP contribution in [0.3, 0.4) is 0 Å². The van der Waals surface area contributed by atoms with Crippen molar-refractivity contribution in [2.24, 2.45) is 0 Å². The van der Waals surface area contributed by atoms with Crippen LogP contribution in [0.25, 0.3) is 0 Å². The van der Waals surface area contributed by atoms with Crippen molar-refractivity contribution in [3.8, 4) is 0 Å². The van der Waals surface area contributed by atoms with Crippen molar-refractivity contribution in [2.45, 2.75) is 245 Å². The Hall–Kier alpha value is -1.51. The summed E-state index contributed by atoms with van der Waals surface area (Å²) in [5.74, 6) is -0.827. The number of esters is 2. The molecule has 0 radical (unpaired) electrons. The quantitative estimate of drug-likeness (QED) is 0.0195. The van der Waals surface area contributed by atoms with Crippen molar-refractivity contribution in [3.05, 3.63) is 24.3 Å². The third-order valence-corrected chi connectivity index (χ3v) is 12.2. The summed E-state index contributed by atoms with van der Waals surface area (Å²) in [5.41, 5.74) is 0. The lowest BCUT2D eigenvalue weighted by Gasteiger charge is -2.28. The second-order valence-corrected chi connectivity index (χ2v) is 20.0. The monoisotopic (exact) mass is 884 g/mol. The molecule has 0 aliphatic carbocycles. The molecule has 0 heterocycles. The lowest BCUT2D eigenvalue weighted by atomic mass is 10.0. The normalized spacial score (nSPS) is 13.6. The first-order chi connectivity index (χ1) is 29.5. The summed E-state index contributed by atoms with van der Waals surface area (Å²) in [6.45, 7) is 4.25. The van der Waals surface area contributed by atoms with E-state index in [0.29, 0.717) is 17.4 Å². The maximum atomic E-state index is 12.7. The molecule has 0 bridgehead atoms. The minimum absolute atomic E-state index is 0.0295. The van der Waals surface area contributed by atoms with Crippen molar-refractivity contribution in [1.82, 2.24) is 0 Å². The summed E-state index contributed by atoms with van der Waals surface area (Å²) < 4.78 is 34.0. The molecule has 0 rings (SSSR count). The Bertz CT molecular complexity index is 1090. The molecular weight excluding hydrogens is 786 g/mol. The van der Waals surface area contributed by atoms with Gasteiger partial charge in [-0.3, -0.25) is 14.2 Å². The Kier molecular flexibility index (Phi) is 42.6. The van der Waals surface area contributed by atoms with Gasteiger partial charge in [0.2, 0.25) is 0 Å². The van der Waals surface area contributed by atoms with Gasteiger partial charge < -0.3 is 27.9 Å². The van der Waals surface area contributed by atoms with E-state index in [1.807, 2.05) is 21.1 Å². The molecule has 0 spiro atoms. The number of rotatable bonds is 47. The molecule has 10 heteroatoms. The lowest BCUT2D eigenvalue weighted by molar-refractivity contribution is -0.870. The molecular formula is C51H98NO8P. The zero-order valence-corrected chi connectivity index (χ0v) is 41.5. The number of phosphoric ester groups is 1. The molecule has 0 aliphatic heterocycles. The van der Waals surface area contributed by atoms with E-state index in [4.69, 9.17) is 18.5 Å². The number of likely N-dealkylation sites (N-methyl/N-ethyl adjacent to an activating group) is 1. The Labute approximate surface area is 377 Å². The molecule has 0 aromatic carbocycles. The minimum Gasteiger partial charge on any atom is -0.756 e. The topological polar surface area (TPSA) is 111 Å². The van der Waals surface area contributed by atoms with Crippen LogP contribution in [0.4, 0.5) is 0 Å². The fourth-order valence-corrected chi connectivity index (χ4v) is 7.94. The number of allylic oxidation sites excluding steroid dienone is 4. The van der Waals surface area contributed by atoms with E-state index in [0.717, 1.165) is 51.4 Å². The molecule has 360 valence electrons. The van der Waals surface area contributed by atoms with Crippen LogP contribution in [0.1, 0.15) is 239 Å². The van der Waals surface area contributed by atoms with E-state index in [2.05, 4.69) is 38.2 Å². The minimum atomic E-state index is -4.63. The molecule has 0 aliphatic rings. The van der Waals surface area contributed by atoms with Crippen molar-refractivity contribution in [3.63, 3.8) is 0 Å². The number of nitrogens with zero attached hydrogens (tertiary/aromatic N) is 1. The molecule has 0 fully saturated rings. The summed E-state index contributed by atoms with van der Waals surface area (Å²) in [6, 6.07) is 0. The zero-order chi connectivity index (χ0) is 45.0. The Morgan fingerprint density at radius 2 is 0.885 bits per heavy atom. The largest absolute Gasteiger partial charge is 0.756 e. The van der Waals surface area contributed by atoms with Gasteiger partial charge in [-0.05, 0) is 44.9 Å². The highest BCUT2D eigenvalue weighted by atomic mass is 31.2. The number of hydrogen-bond acceptors (Lipinski definition) is 8. The van der Waals surface area contributed by atoms with Crippen LogP contribution in [0.2, 0.25) is 0 Å². The highest BCUT2D eigenvalue weighted by Crippen LogP contribution is 2.38. The highest BCUT2D eigenvalue weighted by molar-refractivity contribution is 7.45. The molecule has 2 unspecified atom stereocenters. The predicted octanol–water partition coefficient (Wildman–Crippen LogP) is 14.5. The average molecular weight is 884 g/mol. The van der Waals surface area contributed by atoms with Crippen LogP contribution in [0.5, 0.6) is 0 Å². The van der Waals surface area contributed by atoms with E-state index >= 15 is 0 Å². The van der Waals surface area contributed by atoms with Gasteiger partial charge in [-0.15, -0.1) is 0 Å². The Balaban J connectivity index is 4.24. The van der Waals surface area contributed by atoms with Crippen LogP contribution >= 0.6 is 7.82 Å². The van der Waals surface area contributed by atoms with E-state index in [9.17, 15) is 19.0 Å². The second-order valence-electron chi connectivity index (χ2n) is 18.5. The molecule has 0 N–H and O–H groups in total. The summed E-state index contributed by atoms with van der Waals surface area (Å²) in [4.78, 5) is 37.7. The number of unbranched alkanes of at least 4 members (excludes halogenated alkanes) is 29. The summed E-state index contributed by atoms with van der Waals surface area (Å²) in [6.07, 6.45) is 49.1. The molecule has 0 aromatic rings. The lowest BCUT2D eigenvalue weighted by Crippen LogP contribution is -2.37. The number of ether oxygens (including phenoxy) is 2. The molecule has 9 nitrogen and oxygen atoms in total. The van der Waals surface area contributed by atoms with Crippen LogP contribution in [0, 0.1) is 0 Å². The number of quaternary nitrogens is 1. The molecule has 0 aromatic heterocycles. The van der Waals surface area contributed by atoms with Gasteiger partial charge in [0.1, 0.15) is 19.8 Å². The van der Waals surface area contributed by atoms with Crippen LogP contribution in [-0.2, 0) is 32.7 Å². The Morgan fingerprint density at radius 3 is 1.30 bits per heavy atom. The first-order valence-electron chi connectivity index (χ1n) is 25.5. The van der Waals surface area contributed by atoms with E-state index < -0.39 is 26.5 Å².